The lowest BCUT2D eigenvalue weighted by Gasteiger charge is -2.13. The number of amides is 1. The number of hydrogen-bond donors (Lipinski definition) is 2. The van der Waals surface area contributed by atoms with Gasteiger partial charge in [0.1, 0.15) is 0 Å². The zero-order valence-corrected chi connectivity index (χ0v) is 10.1. The second-order valence-corrected chi connectivity index (χ2v) is 4.18. The standard InChI is InChI=1S/C9H11IN2O2/c1-5-3-8(10)7(4-11-5)6(2)12-9(13)14/h3-4,6,12H,1-2H3,(H,13,14). The highest BCUT2D eigenvalue weighted by atomic mass is 127. The SMILES string of the molecule is Cc1cc(I)c(C(C)NC(=O)O)cn1. The van der Waals surface area contributed by atoms with Gasteiger partial charge in [-0.1, -0.05) is 0 Å². The average molecular weight is 306 g/mol. The summed E-state index contributed by atoms with van der Waals surface area (Å²) in [5.41, 5.74) is 1.83. The molecule has 14 heavy (non-hydrogen) atoms. The van der Waals surface area contributed by atoms with Crippen molar-refractivity contribution in [3.05, 3.63) is 27.1 Å². The normalized spacial score (nSPS) is 12.2. The molecule has 0 spiro atoms. The highest BCUT2D eigenvalue weighted by molar-refractivity contribution is 14.1. The second-order valence-electron chi connectivity index (χ2n) is 3.02. The van der Waals surface area contributed by atoms with E-state index < -0.39 is 6.09 Å². The third kappa shape index (κ3) is 2.83. The molecule has 0 aromatic carbocycles. The lowest BCUT2D eigenvalue weighted by molar-refractivity contribution is 0.191. The predicted octanol–water partition coefficient (Wildman–Crippen LogP) is 2.32. The zero-order valence-electron chi connectivity index (χ0n) is 7.91. The van der Waals surface area contributed by atoms with Gasteiger partial charge in [-0.2, -0.15) is 0 Å². The van der Waals surface area contributed by atoms with Crippen LogP contribution in [0.4, 0.5) is 4.79 Å². The Morgan fingerprint density at radius 1 is 1.71 bits per heavy atom. The number of pyridine rings is 1. The summed E-state index contributed by atoms with van der Waals surface area (Å²) in [6.45, 7) is 3.70. The molecule has 4 nitrogen and oxygen atoms in total. The van der Waals surface area contributed by atoms with Gasteiger partial charge < -0.3 is 10.4 Å². The van der Waals surface area contributed by atoms with Crippen LogP contribution in [0.25, 0.3) is 0 Å². The third-order valence-corrected chi connectivity index (χ3v) is 2.76. The number of hydrogen-bond acceptors (Lipinski definition) is 2. The molecule has 0 saturated carbocycles. The van der Waals surface area contributed by atoms with Crippen LogP contribution in [0.5, 0.6) is 0 Å². The van der Waals surface area contributed by atoms with E-state index in [1.54, 1.807) is 13.1 Å². The molecular weight excluding hydrogens is 295 g/mol. The predicted molar refractivity (Wildman–Crippen MR) is 61.3 cm³/mol. The summed E-state index contributed by atoms with van der Waals surface area (Å²) in [6.07, 6.45) is 0.687. The number of carboxylic acid groups (broad SMARTS) is 1. The van der Waals surface area contributed by atoms with Crippen molar-refractivity contribution >= 4 is 28.7 Å². The van der Waals surface area contributed by atoms with E-state index in [9.17, 15) is 4.79 Å². The van der Waals surface area contributed by atoms with Crippen molar-refractivity contribution in [3.63, 3.8) is 0 Å². The summed E-state index contributed by atoms with van der Waals surface area (Å²) in [4.78, 5) is 14.6. The molecule has 0 aliphatic rings. The Bertz CT molecular complexity index is 355. The molecule has 1 amide bonds. The van der Waals surface area contributed by atoms with Crippen LogP contribution in [0.2, 0.25) is 0 Å². The monoisotopic (exact) mass is 306 g/mol. The molecule has 1 aromatic rings. The minimum atomic E-state index is -1.02. The fourth-order valence-corrected chi connectivity index (χ4v) is 2.18. The largest absolute Gasteiger partial charge is 0.465 e. The first kappa shape index (κ1) is 11.2. The van der Waals surface area contributed by atoms with E-state index in [1.165, 1.54) is 0 Å². The Hall–Kier alpha value is -0.850. The first-order chi connectivity index (χ1) is 6.50. The van der Waals surface area contributed by atoms with Gasteiger partial charge in [-0.15, -0.1) is 0 Å². The van der Waals surface area contributed by atoms with Crippen molar-refractivity contribution in [2.45, 2.75) is 19.9 Å². The van der Waals surface area contributed by atoms with E-state index in [0.29, 0.717) is 0 Å². The maximum absolute atomic E-state index is 10.4. The number of nitrogens with one attached hydrogen (secondary N) is 1. The van der Waals surface area contributed by atoms with Crippen LogP contribution < -0.4 is 5.32 Å². The van der Waals surface area contributed by atoms with Crippen LogP contribution in [0.3, 0.4) is 0 Å². The van der Waals surface area contributed by atoms with E-state index in [4.69, 9.17) is 5.11 Å². The van der Waals surface area contributed by atoms with E-state index in [2.05, 4.69) is 32.9 Å². The zero-order chi connectivity index (χ0) is 10.7. The topological polar surface area (TPSA) is 62.2 Å². The molecule has 2 N–H and O–H groups in total. The highest BCUT2D eigenvalue weighted by Crippen LogP contribution is 2.19. The molecule has 1 aromatic heterocycles. The maximum atomic E-state index is 10.4. The molecule has 1 heterocycles. The molecule has 0 fully saturated rings. The van der Waals surface area contributed by atoms with E-state index in [0.717, 1.165) is 14.8 Å². The summed E-state index contributed by atoms with van der Waals surface area (Å²) < 4.78 is 1.02. The minimum absolute atomic E-state index is 0.229. The fourth-order valence-electron chi connectivity index (χ4n) is 1.12. The van der Waals surface area contributed by atoms with E-state index in [-0.39, 0.29) is 6.04 Å². The molecule has 0 aliphatic heterocycles. The van der Waals surface area contributed by atoms with Gasteiger partial charge in [-0.05, 0) is 42.5 Å². The van der Waals surface area contributed by atoms with Gasteiger partial charge >= 0.3 is 6.09 Å². The molecule has 0 aliphatic carbocycles. The lowest BCUT2D eigenvalue weighted by atomic mass is 10.1. The first-order valence-corrected chi connectivity index (χ1v) is 5.20. The summed E-state index contributed by atoms with van der Waals surface area (Å²) in [5, 5.41) is 10.9. The second kappa shape index (κ2) is 4.59. The van der Waals surface area contributed by atoms with Crippen LogP contribution in [0.15, 0.2) is 12.3 Å². The molecule has 0 bridgehead atoms. The molecular formula is C9H11IN2O2. The van der Waals surface area contributed by atoms with Crippen LogP contribution in [0.1, 0.15) is 24.2 Å². The van der Waals surface area contributed by atoms with E-state index >= 15 is 0 Å². The fraction of sp³-hybridized carbons (Fsp3) is 0.333. The Labute approximate surface area is 95.9 Å². The maximum Gasteiger partial charge on any atom is 0.405 e. The van der Waals surface area contributed by atoms with Crippen molar-refractivity contribution in [2.24, 2.45) is 0 Å². The quantitative estimate of drug-likeness (QED) is 0.824. The lowest BCUT2D eigenvalue weighted by Crippen LogP contribution is -2.25. The summed E-state index contributed by atoms with van der Waals surface area (Å²) >= 11 is 2.18. The average Bonchev–Trinajstić information content (AvgIpc) is 2.01. The van der Waals surface area contributed by atoms with Gasteiger partial charge in [0.2, 0.25) is 0 Å². The number of aryl methyl sites for hydroxylation is 1. The van der Waals surface area contributed by atoms with Crippen molar-refractivity contribution < 1.29 is 9.90 Å². The Balaban J connectivity index is 2.90. The first-order valence-electron chi connectivity index (χ1n) is 4.12. The molecule has 0 saturated heterocycles. The number of carbonyl (C=O) groups is 1. The van der Waals surface area contributed by atoms with Crippen LogP contribution in [-0.2, 0) is 0 Å². The molecule has 5 heteroatoms. The van der Waals surface area contributed by atoms with Crippen molar-refractivity contribution in [1.29, 1.82) is 0 Å². The number of aromatic nitrogens is 1. The van der Waals surface area contributed by atoms with Gasteiger partial charge in [-0.3, -0.25) is 4.98 Å². The summed E-state index contributed by atoms with van der Waals surface area (Å²) in [6, 6.07) is 1.70. The molecule has 1 atom stereocenters. The van der Waals surface area contributed by atoms with Crippen molar-refractivity contribution in [2.75, 3.05) is 0 Å². The van der Waals surface area contributed by atoms with Crippen LogP contribution in [0, 0.1) is 10.5 Å². The van der Waals surface area contributed by atoms with Crippen molar-refractivity contribution in [1.82, 2.24) is 10.3 Å². The molecule has 0 radical (unpaired) electrons. The number of rotatable bonds is 2. The Morgan fingerprint density at radius 3 is 2.86 bits per heavy atom. The Morgan fingerprint density at radius 2 is 2.36 bits per heavy atom. The van der Waals surface area contributed by atoms with Crippen molar-refractivity contribution in [3.8, 4) is 0 Å². The molecule has 1 unspecified atom stereocenters. The molecule has 1 rings (SSSR count). The smallest absolute Gasteiger partial charge is 0.405 e. The van der Waals surface area contributed by atoms with E-state index in [1.807, 2.05) is 13.0 Å². The van der Waals surface area contributed by atoms with Gasteiger partial charge in [0.25, 0.3) is 0 Å². The summed E-state index contributed by atoms with van der Waals surface area (Å²) in [5.74, 6) is 0. The summed E-state index contributed by atoms with van der Waals surface area (Å²) in [7, 11) is 0. The third-order valence-electron chi connectivity index (χ3n) is 1.83. The van der Waals surface area contributed by atoms with Crippen LogP contribution >= 0.6 is 22.6 Å². The van der Waals surface area contributed by atoms with Gasteiger partial charge in [0, 0.05) is 21.0 Å². The minimum Gasteiger partial charge on any atom is -0.465 e. The van der Waals surface area contributed by atoms with Gasteiger partial charge in [0.05, 0.1) is 6.04 Å². The van der Waals surface area contributed by atoms with Gasteiger partial charge in [-0.25, -0.2) is 4.79 Å². The highest BCUT2D eigenvalue weighted by Gasteiger charge is 2.11. The van der Waals surface area contributed by atoms with Gasteiger partial charge in [0.15, 0.2) is 0 Å². The number of nitrogens with zero attached hydrogens (tertiary/aromatic N) is 1. The molecule has 76 valence electrons. The Kier molecular flexibility index (Phi) is 3.68. The number of halogens is 1. The van der Waals surface area contributed by atoms with Crippen LogP contribution in [-0.4, -0.2) is 16.2 Å².